The van der Waals surface area contributed by atoms with Gasteiger partial charge in [-0.1, -0.05) is 0 Å². The minimum absolute atomic E-state index is 0.111. The number of methoxy groups -OCH3 is 1. The summed E-state index contributed by atoms with van der Waals surface area (Å²) in [5.74, 6) is 0.676. The zero-order valence-electron chi connectivity index (χ0n) is 12.9. The normalized spacial score (nSPS) is 14.3. The van der Waals surface area contributed by atoms with E-state index in [9.17, 15) is 9.59 Å². The standard InChI is InChI=1S/C15H17N5O3/c1-19-9-11(12(23-2)6-13(19)21)14(22)20-7-10(8-20)18-15-16-4-3-5-17-15/h3-6,9-10H,7-8H2,1-2H3,(H,16,17,18). The highest BCUT2D eigenvalue weighted by molar-refractivity contribution is 5.97. The van der Waals surface area contributed by atoms with Gasteiger partial charge in [0.15, 0.2) is 0 Å². The molecule has 0 radical (unpaired) electrons. The molecule has 120 valence electrons. The number of hydrogen-bond donors (Lipinski definition) is 1. The lowest BCUT2D eigenvalue weighted by Crippen LogP contribution is -2.57. The lowest BCUT2D eigenvalue weighted by Gasteiger charge is -2.39. The predicted octanol–water partition coefficient (Wildman–Crippen LogP) is 0.120. The minimum atomic E-state index is -0.220. The summed E-state index contributed by atoms with van der Waals surface area (Å²) in [5.41, 5.74) is 0.159. The molecular formula is C15H17N5O3. The number of rotatable bonds is 4. The number of pyridine rings is 1. The average molecular weight is 315 g/mol. The van der Waals surface area contributed by atoms with E-state index < -0.39 is 0 Å². The van der Waals surface area contributed by atoms with Crippen LogP contribution in [0.2, 0.25) is 0 Å². The lowest BCUT2D eigenvalue weighted by atomic mass is 10.1. The summed E-state index contributed by atoms with van der Waals surface area (Å²) >= 11 is 0. The van der Waals surface area contributed by atoms with Gasteiger partial charge in [0.25, 0.3) is 11.5 Å². The number of amides is 1. The molecule has 8 heteroatoms. The first-order valence-electron chi connectivity index (χ1n) is 7.16. The second-order valence-electron chi connectivity index (χ2n) is 5.33. The summed E-state index contributed by atoms with van der Waals surface area (Å²) in [6.07, 6.45) is 4.82. The van der Waals surface area contributed by atoms with Crippen molar-refractivity contribution >= 4 is 11.9 Å². The van der Waals surface area contributed by atoms with Crippen molar-refractivity contribution in [2.24, 2.45) is 7.05 Å². The first kappa shape index (κ1) is 15.0. The Labute approximate surface area is 132 Å². The third-order valence-electron chi connectivity index (χ3n) is 3.71. The number of likely N-dealkylation sites (tertiary alicyclic amines) is 1. The van der Waals surface area contributed by atoms with Crippen molar-refractivity contribution in [2.45, 2.75) is 6.04 Å². The molecule has 0 bridgehead atoms. The summed E-state index contributed by atoms with van der Waals surface area (Å²) in [6, 6.07) is 3.17. The monoisotopic (exact) mass is 315 g/mol. The van der Waals surface area contributed by atoms with Crippen molar-refractivity contribution in [3.63, 3.8) is 0 Å². The van der Waals surface area contributed by atoms with Crippen LogP contribution in [0.1, 0.15) is 10.4 Å². The fourth-order valence-electron chi connectivity index (χ4n) is 2.40. The fourth-order valence-corrected chi connectivity index (χ4v) is 2.40. The predicted molar refractivity (Wildman–Crippen MR) is 83.6 cm³/mol. The zero-order chi connectivity index (χ0) is 16.4. The van der Waals surface area contributed by atoms with Crippen LogP contribution in [0.3, 0.4) is 0 Å². The molecule has 3 heterocycles. The number of carbonyl (C=O) groups excluding carboxylic acids is 1. The Morgan fingerprint density at radius 2 is 2.04 bits per heavy atom. The number of anilines is 1. The smallest absolute Gasteiger partial charge is 0.259 e. The van der Waals surface area contributed by atoms with E-state index in [1.807, 2.05) is 0 Å². The molecule has 1 fully saturated rings. The number of ether oxygens (including phenoxy) is 1. The van der Waals surface area contributed by atoms with Crippen LogP contribution in [0.25, 0.3) is 0 Å². The largest absolute Gasteiger partial charge is 0.496 e. The van der Waals surface area contributed by atoms with E-state index in [4.69, 9.17) is 4.74 Å². The van der Waals surface area contributed by atoms with Crippen LogP contribution in [0, 0.1) is 0 Å². The first-order valence-corrected chi connectivity index (χ1v) is 7.16. The van der Waals surface area contributed by atoms with Gasteiger partial charge in [0.05, 0.1) is 18.7 Å². The highest BCUT2D eigenvalue weighted by Gasteiger charge is 2.33. The summed E-state index contributed by atoms with van der Waals surface area (Å²) in [5, 5.41) is 3.16. The summed E-state index contributed by atoms with van der Waals surface area (Å²) in [6.45, 7) is 1.09. The van der Waals surface area contributed by atoms with Crippen molar-refractivity contribution < 1.29 is 9.53 Å². The van der Waals surface area contributed by atoms with Crippen LogP contribution in [-0.4, -0.2) is 51.6 Å². The molecule has 0 saturated carbocycles. The topological polar surface area (TPSA) is 89.4 Å². The third-order valence-corrected chi connectivity index (χ3v) is 3.71. The Hall–Kier alpha value is -2.90. The van der Waals surface area contributed by atoms with Gasteiger partial charge in [0, 0.05) is 44.8 Å². The number of carbonyl (C=O) groups is 1. The minimum Gasteiger partial charge on any atom is -0.496 e. The second kappa shape index (κ2) is 6.07. The fraction of sp³-hybridized carbons (Fsp3) is 0.333. The van der Waals surface area contributed by atoms with Gasteiger partial charge in [-0.05, 0) is 6.07 Å². The van der Waals surface area contributed by atoms with Crippen LogP contribution in [0.5, 0.6) is 5.75 Å². The molecule has 3 rings (SSSR count). The van der Waals surface area contributed by atoms with E-state index in [0.717, 1.165) is 0 Å². The van der Waals surface area contributed by atoms with Crippen LogP contribution < -0.4 is 15.6 Å². The van der Waals surface area contributed by atoms with Crippen LogP contribution in [-0.2, 0) is 7.05 Å². The Morgan fingerprint density at radius 1 is 1.35 bits per heavy atom. The molecule has 1 aliphatic heterocycles. The van der Waals surface area contributed by atoms with Gasteiger partial charge in [-0.15, -0.1) is 0 Å². The summed E-state index contributed by atoms with van der Waals surface area (Å²) in [4.78, 5) is 34.0. The average Bonchev–Trinajstić information content (AvgIpc) is 2.53. The molecule has 0 spiro atoms. The molecule has 2 aromatic rings. The van der Waals surface area contributed by atoms with Gasteiger partial charge < -0.3 is 19.5 Å². The molecule has 0 aliphatic carbocycles. The van der Waals surface area contributed by atoms with Gasteiger partial charge in [-0.2, -0.15) is 0 Å². The Kier molecular flexibility index (Phi) is 3.96. The number of hydrogen-bond acceptors (Lipinski definition) is 6. The van der Waals surface area contributed by atoms with Crippen LogP contribution in [0.4, 0.5) is 5.95 Å². The van der Waals surface area contributed by atoms with E-state index >= 15 is 0 Å². The van der Waals surface area contributed by atoms with Crippen molar-refractivity contribution in [2.75, 3.05) is 25.5 Å². The van der Waals surface area contributed by atoms with Crippen molar-refractivity contribution in [1.82, 2.24) is 19.4 Å². The van der Waals surface area contributed by atoms with E-state index in [0.29, 0.717) is 30.4 Å². The molecular weight excluding hydrogens is 298 g/mol. The van der Waals surface area contributed by atoms with E-state index in [2.05, 4.69) is 15.3 Å². The third kappa shape index (κ3) is 3.01. The highest BCUT2D eigenvalue weighted by Crippen LogP contribution is 2.21. The second-order valence-corrected chi connectivity index (χ2v) is 5.33. The van der Waals surface area contributed by atoms with Crippen molar-refractivity contribution in [3.8, 4) is 5.75 Å². The lowest BCUT2D eigenvalue weighted by molar-refractivity contribution is 0.0620. The molecule has 1 N–H and O–H groups in total. The molecule has 1 amide bonds. The number of aryl methyl sites for hydroxylation is 1. The summed E-state index contributed by atoms with van der Waals surface area (Å²) < 4.78 is 6.51. The van der Waals surface area contributed by atoms with Gasteiger partial charge >= 0.3 is 0 Å². The van der Waals surface area contributed by atoms with Crippen LogP contribution in [0.15, 0.2) is 35.5 Å². The SMILES string of the molecule is COc1cc(=O)n(C)cc1C(=O)N1CC(Nc2ncccn2)C1. The Morgan fingerprint density at radius 3 is 2.70 bits per heavy atom. The van der Waals surface area contributed by atoms with Gasteiger partial charge in [-0.25, -0.2) is 9.97 Å². The van der Waals surface area contributed by atoms with Crippen LogP contribution >= 0.6 is 0 Å². The summed E-state index contributed by atoms with van der Waals surface area (Å²) in [7, 11) is 3.05. The number of nitrogens with one attached hydrogen (secondary N) is 1. The maximum Gasteiger partial charge on any atom is 0.259 e. The molecule has 0 aromatic carbocycles. The van der Waals surface area contributed by atoms with E-state index in [-0.39, 0.29) is 17.5 Å². The Balaban J connectivity index is 1.67. The number of aromatic nitrogens is 3. The highest BCUT2D eigenvalue weighted by atomic mass is 16.5. The first-order chi connectivity index (χ1) is 11.1. The van der Waals surface area contributed by atoms with Gasteiger partial charge in [0.2, 0.25) is 5.95 Å². The quantitative estimate of drug-likeness (QED) is 0.862. The Bertz CT molecular complexity index is 768. The maximum absolute atomic E-state index is 12.5. The molecule has 2 aromatic heterocycles. The molecule has 1 aliphatic rings. The van der Waals surface area contributed by atoms with Crippen molar-refractivity contribution in [3.05, 3.63) is 46.6 Å². The maximum atomic E-state index is 12.5. The molecule has 8 nitrogen and oxygen atoms in total. The van der Waals surface area contributed by atoms with E-state index in [1.165, 1.54) is 23.9 Å². The molecule has 23 heavy (non-hydrogen) atoms. The van der Waals surface area contributed by atoms with E-state index in [1.54, 1.807) is 30.4 Å². The molecule has 0 atom stereocenters. The van der Waals surface area contributed by atoms with Crippen molar-refractivity contribution in [1.29, 1.82) is 0 Å². The van der Waals surface area contributed by atoms with Gasteiger partial charge in [-0.3, -0.25) is 9.59 Å². The van der Waals surface area contributed by atoms with Gasteiger partial charge in [0.1, 0.15) is 5.75 Å². The molecule has 0 unspecified atom stereocenters. The zero-order valence-corrected chi connectivity index (χ0v) is 12.9. The molecule has 1 saturated heterocycles. The number of nitrogens with zero attached hydrogens (tertiary/aromatic N) is 4.